The number of hydrogen-bond donors (Lipinski definition) is 1. The van der Waals surface area contributed by atoms with Gasteiger partial charge in [0.1, 0.15) is 5.83 Å². The van der Waals surface area contributed by atoms with Gasteiger partial charge in [-0.3, -0.25) is 9.48 Å². The lowest BCUT2D eigenvalue weighted by atomic mass is 10.0. The van der Waals surface area contributed by atoms with Crippen molar-refractivity contribution in [1.82, 2.24) is 14.8 Å². The van der Waals surface area contributed by atoms with E-state index in [0.29, 0.717) is 17.4 Å². The molecule has 2 aromatic heterocycles. The van der Waals surface area contributed by atoms with E-state index in [0.717, 1.165) is 25.1 Å². The molecule has 2 aromatic rings. The summed E-state index contributed by atoms with van der Waals surface area (Å²) in [6.07, 6.45) is 14.2. The summed E-state index contributed by atoms with van der Waals surface area (Å²) in [6, 6.07) is 4.90. The maximum atomic E-state index is 14.4. The maximum Gasteiger partial charge on any atom is 0.194 e. The normalized spacial score (nSPS) is 17.0. The number of rotatable bonds is 6. The first-order chi connectivity index (χ1) is 15.0. The van der Waals surface area contributed by atoms with Crippen molar-refractivity contribution in [3.8, 4) is 5.88 Å². The van der Waals surface area contributed by atoms with E-state index in [1.165, 1.54) is 56.2 Å². The number of aryl methyl sites for hydroxylation is 2. The van der Waals surface area contributed by atoms with Gasteiger partial charge in [-0.25, -0.2) is 4.39 Å². The first kappa shape index (κ1) is 22.8. The Hall–Kier alpha value is -2.89. The molecule has 0 amide bonds. The molecule has 0 aromatic carbocycles. The molecule has 31 heavy (non-hydrogen) atoms. The summed E-state index contributed by atoms with van der Waals surface area (Å²) in [5, 5.41) is 4.65. The third-order valence-electron chi connectivity index (χ3n) is 5.47. The second-order valence-electron chi connectivity index (χ2n) is 7.88. The average Bonchev–Trinajstić information content (AvgIpc) is 3.54. The van der Waals surface area contributed by atoms with Gasteiger partial charge in [0.15, 0.2) is 11.3 Å². The highest BCUT2D eigenvalue weighted by Gasteiger charge is 2.26. The standard InChI is InChI=1S/C19H25FN2.C6H7NO2/c1-3-7-15(14-9-10-14)12-17(18(20)4-2)19-13-16-8-5-6-11-22(16)21-19;1-9-6-4-5(8)2-3-7-6/h4,7,12-14H,3,5-6,8-11H2,1-2H3;2-4H,1H3,(H,7,8)/b15-7-,17-12+,18-4+;. The van der Waals surface area contributed by atoms with Crippen LogP contribution in [-0.4, -0.2) is 21.9 Å². The summed E-state index contributed by atoms with van der Waals surface area (Å²) in [7, 11) is 1.51. The fourth-order valence-corrected chi connectivity index (χ4v) is 3.68. The minimum absolute atomic E-state index is 0.0504. The highest BCUT2D eigenvalue weighted by atomic mass is 19.1. The summed E-state index contributed by atoms with van der Waals surface area (Å²) in [4.78, 5) is 13.3. The van der Waals surface area contributed by atoms with Gasteiger partial charge in [-0.15, -0.1) is 0 Å². The molecule has 0 radical (unpaired) electrons. The fourth-order valence-electron chi connectivity index (χ4n) is 3.68. The minimum Gasteiger partial charge on any atom is -0.482 e. The maximum absolute atomic E-state index is 14.4. The Kier molecular flexibility index (Phi) is 8.04. The number of ether oxygens (including phenoxy) is 1. The number of pyridine rings is 1. The first-order valence-electron chi connectivity index (χ1n) is 11.1. The fraction of sp³-hybridized carbons (Fsp3) is 0.440. The number of H-pyrrole nitrogens is 1. The Labute approximate surface area is 183 Å². The number of halogens is 1. The van der Waals surface area contributed by atoms with Crippen LogP contribution in [0.3, 0.4) is 0 Å². The molecular formula is C25H32FN3O2. The SMILES string of the molecule is COc1cc(=O)cc[nH]1.C\C=C(F)/C(=C\C(=C\CC)C1CC1)c1cc2n(n1)CCCC2. The van der Waals surface area contributed by atoms with Gasteiger partial charge in [0, 0.05) is 36.1 Å². The van der Waals surface area contributed by atoms with Crippen molar-refractivity contribution < 1.29 is 9.13 Å². The molecule has 1 N–H and O–H groups in total. The number of aromatic nitrogens is 3. The first-order valence-corrected chi connectivity index (χ1v) is 11.1. The molecule has 1 saturated carbocycles. The molecule has 0 atom stereocenters. The number of nitrogens with zero attached hydrogens (tertiary/aromatic N) is 2. The molecule has 0 unspecified atom stereocenters. The average molecular weight is 426 g/mol. The zero-order chi connectivity index (χ0) is 22.2. The molecule has 166 valence electrons. The van der Waals surface area contributed by atoms with Crippen LogP contribution in [0.25, 0.3) is 5.57 Å². The summed E-state index contributed by atoms with van der Waals surface area (Å²) >= 11 is 0. The van der Waals surface area contributed by atoms with Crippen LogP contribution in [0.5, 0.6) is 5.88 Å². The lowest BCUT2D eigenvalue weighted by Crippen LogP contribution is -2.10. The number of aromatic amines is 1. The highest BCUT2D eigenvalue weighted by Crippen LogP contribution is 2.39. The molecule has 1 fully saturated rings. The van der Waals surface area contributed by atoms with Crippen LogP contribution in [0, 0.1) is 5.92 Å². The zero-order valence-corrected chi connectivity index (χ0v) is 18.7. The van der Waals surface area contributed by atoms with E-state index in [1.54, 1.807) is 19.2 Å². The van der Waals surface area contributed by atoms with Gasteiger partial charge in [0.25, 0.3) is 0 Å². The number of hydrogen-bond acceptors (Lipinski definition) is 3. The second kappa shape index (κ2) is 10.9. The highest BCUT2D eigenvalue weighted by molar-refractivity contribution is 5.77. The van der Waals surface area contributed by atoms with Gasteiger partial charge in [0.05, 0.1) is 12.8 Å². The van der Waals surface area contributed by atoms with E-state index in [1.807, 2.05) is 6.08 Å². The van der Waals surface area contributed by atoms with Crippen molar-refractivity contribution in [1.29, 1.82) is 0 Å². The number of methoxy groups -OCH3 is 1. The van der Waals surface area contributed by atoms with Crippen molar-refractivity contribution in [3.63, 3.8) is 0 Å². The van der Waals surface area contributed by atoms with Crippen LogP contribution >= 0.6 is 0 Å². The van der Waals surface area contributed by atoms with Crippen molar-refractivity contribution in [3.05, 3.63) is 75.6 Å². The molecule has 0 bridgehead atoms. The van der Waals surface area contributed by atoms with E-state index in [2.05, 4.69) is 33.8 Å². The van der Waals surface area contributed by atoms with Crippen molar-refractivity contribution in [2.24, 2.45) is 5.92 Å². The predicted octanol–water partition coefficient (Wildman–Crippen LogP) is 5.61. The van der Waals surface area contributed by atoms with Crippen LogP contribution in [0.15, 0.2) is 58.8 Å². The predicted molar refractivity (Wildman–Crippen MR) is 123 cm³/mol. The van der Waals surface area contributed by atoms with Gasteiger partial charge in [0.2, 0.25) is 0 Å². The Morgan fingerprint density at radius 2 is 2.16 bits per heavy atom. The van der Waals surface area contributed by atoms with Crippen molar-refractivity contribution >= 4 is 5.57 Å². The molecule has 0 spiro atoms. The topological polar surface area (TPSA) is 59.9 Å². The third kappa shape index (κ3) is 6.29. The lowest BCUT2D eigenvalue weighted by molar-refractivity contribution is 0.397. The van der Waals surface area contributed by atoms with E-state index in [4.69, 9.17) is 4.74 Å². The number of nitrogens with one attached hydrogen (secondary N) is 1. The monoisotopic (exact) mass is 425 g/mol. The molecule has 0 saturated heterocycles. The Morgan fingerprint density at radius 1 is 1.35 bits per heavy atom. The third-order valence-corrected chi connectivity index (χ3v) is 5.47. The van der Waals surface area contributed by atoms with Gasteiger partial charge >= 0.3 is 0 Å². The molecule has 1 aliphatic heterocycles. The van der Waals surface area contributed by atoms with Gasteiger partial charge in [-0.05, 0) is 69.1 Å². The van der Waals surface area contributed by atoms with Crippen molar-refractivity contribution in [2.75, 3.05) is 7.11 Å². The quantitative estimate of drug-likeness (QED) is 0.612. The summed E-state index contributed by atoms with van der Waals surface area (Å²) in [6.45, 7) is 4.84. The van der Waals surface area contributed by atoms with Gasteiger partial charge < -0.3 is 9.72 Å². The van der Waals surface area contributed by atoms with Crippen LogP contribution in [0.1, 0.15) is 57.3 Å². The molecule has 4 rings (SSSR count). The number of allylic oxidation sites excluding steroid dienone is 6. The van der Waals surface area contributed by atoms with E-state index < -0.39 is 0 Å². The molecular weight excluding hydrogens is 393 g/mol. The molecule has 2 aliphatic rings. The second-order valence-corrected chi connectivity index (χ2v) is 7.88. The Balaban J connectivity index is 0.000000254. The van der Waals surface area contributed by atoms with E-state index >= 15 is 0 Å². The summed E-state index contributed by atoms with van der Waals surface area (Å²) in [5.74, 6) is 0.942. The molecule has 5 nitrogen and oxygen atoms in total. The Morgan fingerprint density at radius 3 is 2.74 bits per heavy atom. The zero-order valence-electron chi connectivity index (χ0n) is 18.7. The van der Waals surface area contributed by atoms with E-state index in [-0.39, 0.29) is 11.3 Å². The van der Waals surface area contributed by atoms with Crippen molar-refractivity contribution in [2.45, 2.75) is 58.9 Å². The van der Waals surface area contributed by atoms with Gasteiger partial charge in [-0.1, -0.05) is 19.1 Å². The van der Waals surface area contributed by atoms with Gasteiger partial charge in [-0.2, -0.15) is 5.10 Å². The van der Waals surface area contributed by atoms with E-state index in [9.17, 15) is 9.18 Å². The molecule has 3 heterocycles. The van der Waals surface area contributed by atoms with Crippen LogP contribution in [-0.2, 0) is 13.0 Å². The Bertz CT molecular complexity index is 1000. The number of fused-ring (bicyclic) bond motifs is 1. The lowest BCUT2D eigenvalue weighted by Gasteiger charge is -2.11. The molecule has 6 heteroatoms. The van der Waals surface area contributed by atoms with Crippen LogP contribution in [0.2, 0.25) is 0 Å². The van der Waals surface area contributed by atoms with Crippen LogP contribution < -0.4 is 10.2 Å². The smallest absolute Gasteiger partial charge is 0.194 e. The minimum atomic E-state index is -0.168. The van der Waals surface area contributed by atoms with Crippen LogP contribution in [0.4, 0.5) is 4.39 Å². The largest absolute Gasteiger partial charge is 0.482 e. The summed E-state index contributed by atoms with van der Waals surface area (Å²) < 4.78 is 21.2. The summed E-state index contributed by atoms with van der Waals surface area (Å²) in [5.41, 5.74) is 3.90. The molecule has 1 aliphatic carbocycles.